The third-order valence-electron chi connectivity index (χ3n) is 4.35. The number of aromatic nitrogens is 1. The quantitative estimate of drug-likeness (QED) is 0.882. The average Bonchev–Trinajstić information content (AvgIpc) is 3.14. The van der Waals surface area contributed by atoms with E-state index in [1.54, 1.807) is 11.3 Å². The van der Waals surface area contributed by atoms with Gasteiger partial charge in [-0.3, -0.25) is 0 Å². The number of rotatable bonds is 4. The second-order valence-corrected chi connectivity index (χ2v) is 6.72. The molecular formula is C17H19NO2S. The number of hydrogen-bond acceptors (Lipinski definition) is 3. The lowest BCUT2D eigenvalue weighted by Crippen LogP contribution is -2.00. The zero-order chi connectivity index (χ0) is 14.8. The number of carboxylic acid groups (broad SMARTS) is 1. The van der Waals surface area contributed by atoms with Gasteiger partial charge in [-0.05, 0) is 30.7 Å². The van der Waals surface area contributed by atoms with E-state index < -0.39 is 5.97 Å². The van der Waals surface area contributed by atoms with Crippen LogP contribution in [0.15, 0.2) is 30.3 Å². The summed E-state index contributed by atoms with van der Waals surface area (Å²) in [5, 5.41) is 10.4. The molecule has 1 saturated carbocycles. The zero-order valence-electron chi connectivity index (χ0n) is 12.1. The van der Waals surface area contributed by atoms with Gasteiger partial charge < -0.3 is 5.11 Å². The first-order valence-electron chi connectivity index (χ1n) is 7.48. The molecule has 2 atom stereocenters. The van der Waals surface area contributed by atoms with Gasteiger partial charge in [0.2, 0.25) is 0 Å². The second-order valence-electron chi connectivity index (χ2n) is 5.69. The Kier molecular flexibility index (Phi) is 4.06. The summed E-state index contributed by atoms with van der Waals surface area (Å²) in [5.41, 5.74) is 1.16. The molecule has 1 heterocycles. The number of aromatic carboxylic acids is 1. The third-order valence-corrected chi connectivity index (χ3v) is 5.62. The monoisotopic (exact) mass is 301 g/mol. The molecule has 1 aliphatic carbocycles. The second kappa shape index (κ2) is 5.98. The minimum absolute atomic E-state index is 0.209. The van der Waals surface area contributed by atoms with Crippen molar-refractivity contribution >= 4 is 17.3 Å². The van der Waals surface area contributed by atoms with E-state index in [4.69, 9.17) is 0 Å². The zero-order valence-corrected chi connectivity index (χ0v) is 12.9. The van der Waals surface area contributed by atoms with Gasteiger partial charge in [-0.2, -0.15) is 0 Å². The molecule has 0 spiro atoms. The van der Waals surface area contributed by atoms with Crippen LogP contribution in [0.25, 0.3) is 10.4 Å². The van der Waals surface area contributed by atoms with Crippen molar-refractivity contribution in [2.75, 3.05) is 0 Å². The van der Waals surface area contributed by atoms with Crippen molar-refractivity contribution in [3.63, 3.8) is 0 Å². The van der Waals surface area contributed by atoms with Crippen LogP contribution in [0.5, 0.6) is 0 Å². The fourth-order valence-corrected chi connectivity index (χ4v) is 4.32. The normalized spacial score (nSPS) is 21.6. The van der Waals surface area contributed by atoms with Crippen LogP contribution in [-0.4, -0.2) is 16.1 Å². The van der Waals surface area contributed by atoms with E-state index in [9.17, 15) is 9.90 Å². The van der Waals surface area contributed by atoms with Gasteiger partial charge in [-0.25, -0.2) is 9.78 Å². The minimum atomic E-state index is -0.929. The Morgan fingerprint density at radius 2 is 2.10 bits per heavy atom. The average molecular weight is 301 g/mol. The van der Waals surface area contributed by atoms with Crippen LogP contribution in [0.2, 0.25) is 0 Å². The van der Waals surface area contributed by atoms with E-state index in [1.807, 2.05) is 30.3 Å². The Balaban J connectivity index is 1.96. The molecule has 3 nitrogen and oxygen atoms in total. The number of hydrogen-bond donors (Lipinski definition) is 1. The highest BCUT2D eigenvalue weighted by Crippen LogP contribution is 2.43. The Morgan fingerprint density at radius 1 is 1.33 bits per heavy atom. The van der Waals surface area contributed by atoms with Gasteiger partial charge in [0.15, 0.2) is 5.69 Å². The molecule has 1 aromatic carbocycles. The first kappa shape index (κ1) is 14.3. The van der Waals surface area contributed by atoms with Crippen LogP contribution in [0.3, 0.4) is 0 Å². The molecule has 0 aliphatic heterocycles. The van der Waals surface area contributed by atoms with Gasteiger partial charge in [0.05, 0.1) is 9.88 Å². The van der Waals surface area contributed by atoms with Crippen LogP contribution < -0.4 is 0 Å². The number of nitrogens with zero attached hydrogens (tertiary/aromatic N) is 1. The lowest BCUT2D eigenvalue weighted by Gasteiger charge is -2.06. The smallest absolute Gasteiger partial charge is 0.356 e. The topological polar surface area (TPSA) is 50.2 Å². The number of carbonyl (C=O) groups is 1. The first-order valence-corrected chi connectivity index (χ1v) is 8.30. The molecule has 1 aromatic heterocycles. The van der Waals surface area contributed by atoms with Gasteiger partial charge in [0.1, 0.15) is 0 Å². The van der Waals surface area contributed by atoms with Gasteiger partial charge in [-0.1, -0.05) is 43.7 Å². The van der Waals surface area contributed by atoms with Crippen LogP contribution in [0.1, 0.15) is 54.0 Å². The van der Waals surface area contributed by atoms with E-state index in [-0.39, 0.29) is 5.69 Å². The molecule has 4 heteroatoms. The highest BCUT2D eigenvalue weighted by Gasteiger charge is 2.29. The highest BCUT2D eigenvalue weighted by molar-refractivity contribution is 7.15. The van der Waals surface area contributed by atoms with Crippen molar-refractivity contribution in [3.8, 4) is 10.4 Å². The standard InChI is InChI=1S/C17H19NO2S/c1-2-11-8-9-13(10-11)16-18-14(17(19)20)15(21-16)12-6-4-3-5-7-12/h3-7,11,13H,2,8-10H2,1H3,(H,19,20). The van der Waals surface area contributed by atoms with Crippen LogP contribution in [0, 0.1) is 5.92 Å². The lowest BCUT2D eigenvalue weighted by molar-refractivity contribution is 0.0692. The van der Waals surface area contributed by atoms with E-state index >= 15 is 0 Å². The summed E-state index contributed by atoms with van der Waals surface area (Å²) < 4.78 is 0. The summed E-state index contributed by atoms with van der Waals surface area (Å²) >= 11 is 1.56. The van der Waals surface area contributed by atoms with Crippen molar-refractivity contribution in [3.05, 3.63) is 41.0 Å². The molecule has 1 fully saturated rings. The molecule has 0 radical (unpaired) electrons. The van der Waals surface area contributed by atoms with Crippen LogP contribution >= 0.6 is 11.3 Å². The summed E-state index contributed by atoms with van der Waals surface area (Å²) in [7, 11) is 0. The summed E-state index contributed by atoms with van der Waals surface area (Å²) in [4.78, 5) is 16.7. The van der Waals surface area contributed by atoms with E-state index in [1.165, 1.54) is 12.8 Å². The molecule has 2 unspecified atom stereocenters. The molecule has 21 heavy (non-hydrogen) atoms. The van der Waals surface area contributed by atoms with Gasteiger partial charge >= 0.3 is 5.97 Å². The first-order chi connectivity index (χ1) is 10.2. The SMILES string of the molecule is CCC1CCC(c2nc(C(=O)O)c(-c3ccccc3)s2)C1. The molecule has 3 rings (SSSR count). The Bertz CT molecular complexity index is 635. The molecular weight excluding hydrogens is 282 g/mol. The molecule has 0 saturated heterocycles. The minimum Gasteiger partial charge on any atom is -0.476 e. The van der Waals surface area contributed by atoms with E-state index in [0.29, 0.717) is 5.92 Å². The maximum absolute atomic E-state index is 11.5. The molecule has 2 aromatic rings. The Morgan fingerprint density at radius 3 is 2.71 bits per heavy atom. The van der Waals surface area contributed by atoms with Crippen LogP contribution in [0.4, 0.5) is 0 Å². The van der Waals surface area contributed by atoms with Crippen molar-refractivity contribution in [1.29, 1.82) is 0 Å². The largest absolute Gasteiger partial charge is 0.476 e. The lowest BCUT2D eigenvalue weighted by atomic mass is 10.0. The van der Waals surface area contributed by atoms with E-state index in [2.05, 4.69) is 11.9 Å². The number of carboxylic acids is 1. The molecule has 1 N–H and O–H groups in total. The Labute approximate surface area is 128 Å². The van der Waals surface area contributed by atoms with Crippen molar-refractivity contribution in [2.24, 2.45) is 5.92 Å². The van der Waals surface area contributed by atoms with Gasteiger partial charge in [0.25, 0.3) is 0 Å². The molecule has 0 amide bonds. The third kappa shape index (κ3) is 2.86. The highest BCUT2D eigenvalue weighted by atomic mass is 32.1. The summed E-state index contributed by atoms with van der Waals surface area (Å²) in [6, 6.07) is 9.71. The predicted octanol–water partition coefficient (Wildman–Crippen LogP) is 4.80. The van der Waals surface area contributed by atoms with Crippen molar-refractivity contribution in [2.45, 2.75) is 38.5 Å². The maximum atomic E-state index is 11.5. The number of thiazole rings is 1. The van der Waals surface area contributed by atoms with Gasteiger partial charge in [0, 0.05) is 5.92 Å². The fourth-order valence-electron chi connectivity index (χ4n) is 3.11. The molecule has 1 aliphatic rings. The van der Waals surface area contributed by atoms with Crippen LogP contribution in [-0.2, 0) is 0 Å². The van der Waals surface area contributed by atoms with Crippen molar-refractivity contribution in [1.82, 2.24) is 4.98 Å². The number of benzene rings is 1. The van der Waals surface area contributed by atoms with Crippen molar-refractivity contribution < 1.29 is 9.90 Å². The summed E-state index contributed by atoms with van der Waals surface area (Å²) in [5.74, 6) is 0.282. The summed E-state index contributed by atoms with van der Waals surface area (Å²) in [6.07, 6.45) is 4.74. The predicted molar refractivity (Wildman–Crippen MR) is 84.9 cm³/mol. The maximum Gasteiger partial charge on any atom is 0.356 e. The fraction of sp³-hybridized carbons (Fsp3) is 0.412. The van der Waals surface area contributed by atoms with Gasteiger partial charge in [-0.15, -0.1) is 11.3 Å². The van der Waals surface area contributed by atoms with E-state index in [0.717, 1.165) is 34.2 Å². The molecule has 110 valence electrons. The Hall–Kier alpha value is -1.68. The molecule has 0 bridgehead atoms. The summed E-state index contributed by atoms with van der Waals surface area (Å²) in [6.45, 7) is 2.23.